The second-order valence-electron chi connectivity index (χ2n) is 5.00. The number of nitrogens with zero attached hydrogens (tertiary/aromatic N) is 1. The van der Waals surface area contributed by atoms with Gasteiger partial charge in [-0.3, -0.25) is 14.5 Å². The molecule has 0 radical (unpaired) electrons. The van der Waals surface area contributed by atoms with Gasteiger partial charge in [-0.2, -0.15) is 0 Å². The van der Waals surface area contributed by atoms with E-state index in [-0.39, 0.29) is 23.8 Å². The fourth-order valence-electron chi connectivity index (χ4n) is 1.88. The van der Waals surface area contributed by atoms with Gasteiger partial charge in [0.1, 0.15) is 5.75 Å². The molecule has 0 spiro atoms. The minimum Gasteiger partial charge on any atom is -0.489 e. The molecule has 23 heavy (non-hydrogen) atoms. The van der Waals surface area contributed by atoms with Crippen molar-refractivity contribution in [2.45, 2.75) is 26.4 Å². The zero-order valence-corrected chi connectivity index (χ0v) is 14.4. The SMILES string of the molecule is C#CCN1C(=O)S/C(=C\c2ccc(O[C@H](C)CC)c(Cl)c2)C1=O. The van der Waals surface area contributed by atoms with Gasteiger partial charge < -0.3 is 4.74 Å². The van der Waals surface area contributed by atoms with Crippen LogP contribution in [0.1, 0.15) is 25.8 Å². The molecule has 1 atom stereocenters. The van der Waals surface area contributed by atoms with Crippen LogP contribution in [0.2, 0.25) is 5.02 Å². The van der Waals surface area contributed by atoms with Crippen LogP contribution in [0, 0.1) is 12.3 Å². The smallest absolute Gasteiger partial charge is 0.294 e. The highest BCUT2D eigenvalue weighted by atomic mass is 35.5. The van der Waals surface area contributed by atoms with Gasteiger partial charge >= 0.3 is 0 Å². The van der Waals surface area contributed by atoms with Crippen LogP contribution in [0.25, 0.3) is 6.08 Å². The first-order valence-corrected chi connectivity index (χ1v) is 8.30. The topological polar surface area (TPSA) is 46.6 Å². The van der Waals surface area contributed by atoms with Crippen molar-refractivity contribution in [1.82, 2.24) is 4.90 Å². The molecular weight excluding hydrogens is 334 g/mol. The monoisotopic (exact) mass is 349 g/mol. The maximum Gasteiger partial charge on any atom is 0.294 e. The number of imide groups is 1. The van der Waals surface area contributed by atoms with Crippen molar-refractivity contribution < 1.29 is 14.3 Å². The normalized spacial score (nSPS) is 17.5. The first kappa shape index (κ1) is 17.5. The van der Waals surface area contributed by atoms with Crippen LogP contribution in [0.3, 0.4) is 0 Å². The summed E-state index contributed by atoms with van der Waals surface area (Å²) in [6.07, 6.45) is 7.73. The lowest BCUT2D eigenvalue weighted by molar-refractivity contribution is -0.122. The molecule has 2 amide bonds. The largest absolute Gasteiger partial charge is 0.489 e. The predicted molar refractivity (Wildman–Crippen MR) is 93.3 cm³/mol. The number of carbonyl (C=O) groups is 2. The molecule has 1 aromatic carbocycles. The lowest BCUT2D eigenvalue weighted by Gasteiger charge is -2.14. The minimum absolute atomic E-state index is 0.0234. The Morgan fingerprint density at radius 3 is 2.83 bits per heavy atom. The molecule has 0 N–H and O–H groups in total. The summed E-state index contributed by atoms with van der Waals surface area (Å²) in [5.74, 6) is 2.52. The molecule has 1 fully saturated rings. The second-order valence-corrected chi connectivity index (χ2v) is 6.40. The van der Waals surface area contributed by atoms with Crippen LogP contribution in [-0.2, 0) is 4.79 Å². The summed E-state index contributed by atoms with van der Waals surface area (Å²) in [6, 6.07) is 5.25. The van der Waals surface area contributed by atoms with Gasteiger partial charge in [0.25, 0.3) is 11.1 Å². The highest BCUT2D eigenvalue weighted by molar-refractivity contribution is 8.18. The van der Waals surface area contributed by atoms with E-state index < -0.39 is 0 Å². The Bertz CT molecular complexity index is 708. The summed E-state index contributed by atoms with van der Waals surface area (Å²) in [5.41, 5.74) is 0.720. The number of halogens is 1. The number of carbonyl (C=O) groups excluding carboxylic acids is 2. The minimum atomic E-state index is -0.381. The molecule has 0 saturated carbocycles. The summed E-state index contributed by atoms with van der Waals surface area (Å²) >= 11 is 7.08. The Labute approximate surface area is 144 Å². The van der Waals surface area contributed by atoms with E-state index in [0.29, 0.717) is 15.7 Å². The molecule has 1 heterocycles. The summed E-state index contributed by atoms with van der Waals surface area (Å²) in [6.45, 7) is 3.97. The zero-order chi connectivity index (χ0) is 17.0. The van der Waals surface area contributed by atoms with Gasteiger partial charge in [-0.05, 0) is 48.9 Å². The highest BCUT2D eigenvalue weighted by Crippen LogP contribution is 2.33. The molecule has 0 unspecified atom stereocenters. The van der Waals surface area contributed by atoms with Crippen LogP contribution in [-0.4, -0.2) is 28.7 Å². The standard InChI is InChI=1S/C17H16ClNO3S/c1-4-8-19-16(20)15(23-17(19)21)10-12-6-7-14(13(18)9-12)22-11(3)5-2/h1,6-7,9-11H,5,8H2,2-3H3/b15-10-/t11-/m1/s1. The van der Waals surface area contributed by atoms with Gasteiger partial charge in [0.2, 0.25) is 0 Å². The quantitative estimate of drug-likeness (QED) is 0.590. The van der Waals surface area contributed by atoms with E-state index in [4.69, 9.17) is 22.8 Å². The lowest BCUT2D eigenvalue weighted by atomic mass is 10.2. The van der Waals surface area contributed by atoms with E-state index in [2.05, 4.69) is 5.92 Å². The molecule has 0 bridgehead atoms. The average Bonchev–Trinajstić information content (AvgIpc) is 2.78. The van der Waals surface area contributed by atoms with Gasteiger partial charge in [-0.25, -0.2) is 0 Å². The van der Waals surface area contributed by atoms with Crippen molar-refractivity contribution in [2.75, 3.05) is 6.54 Å². The first-order chi connectivity index (χ1) is 11.0. The Morgan fingerprint density at radius 2 is 2.22 bits per heavy atom. The summed E-state index contributed by atoms with van der Waals surface area (Å²) < 4.78 is 5.70. The van der Waals surface area contributed by atoms with E-state index in [1.54, 1.807) is 24.3 Å². The Morgan fingerprint density at radius 1 is 1.48 bits per heavy atom. The zero-order valence-electron chi connectivity index (χ0n) is 12.8. The molecule has 0 aliphatic carbocycles. The van der Waals surface area contributed by atoms with E-state index in [1.165, 1.54) is 0 Å². The molecule has 1 aromatic rings. The number of hydrogen-bond acceptors (Lipinski definition) is 4. The van der Waals surface area contributed by atoms with Crippen LogP contribution in [0.4, 0.5) is 4.79 Å². The molecule has 6 heteroatoms. The van der Waals surface area contributed by atoms with Crippen LogP contribution >= 0.6 is 23.4 Å². The van der Waals surface area contributed by atoms with Crippen LogP contribution in [0.15, 0.2) is 23.1 Å². The fraction of sp³-hybridized carbons (Fsp3) is 0.294. The highest BCUT2D eigenvalue weighted by Gasteiger charge is 2.34. The summed E-state index contributed by atoms with van der Waals surface area (Å²) in [7, 11) is 0. The van der Waals surface area contributed by atoms with Gasteiger partial charge in [-0.1, -0.05) is 30.5 Å². The van der Waals surface area contributed by atoms with Crippen molar-refractivity contribution in [2.24, 2.45) is 0 Å². The molecule has 0 aromatic heterocycles. The molecule has 2 rings (SSSR count). The first-order valence-electron chi connectivity index (χ1n) is 7.11. The molecule has 1 aliphatic rings. The van der Waals surface area contributed by atoms with Crippen molar-refractivity contribution in [3.8, 4) is 18.1 Å². The third-order valence-electron chi connectivity index (χ3n) is 3.28. The molecule has 4 nitrogen and oxygen atoms in total. The van der Waals surface area contributed by atoms with Gasteiger partial charge in [0.05, 0.1) is 22.6 Å². The van der Waals surface area contributed by atoms with E-state index >= 15 is 0 Å². The average molecular weight is 350 g/mol. The number of hydrogen-bond donors (Lipinski definition) is 0. The van der Waals surface area contributed by atoms with Crippen LogP contribution < -0.4 is 4.74 Å². The third-order valence-corrected chi connectivity index (χ3v) is 4.48. The molecule has 120 valence electrons. The number of rotatable bonds is 5. The number of amides is 2. The maximum absolute atomic E-state index is 12.1. The summed E-state index contributed by atoms with van der Waals surface area (Å²) in [5, 5.41) is 0.101. The van der Waals surface area contributed by atoms with Crippen LogP contribution in [0.5, 0.6) is 5.75 Å². The van der Waals surface area contributed by atoms with E-state index in [0.717, 1.165) is 28.6 Å². The Kier molecular flexibility index (Phi) is 5.75. The fourth-order valence-corrected chi connectivity index (χ4v) is 2.95. The Hall–Kier alpha value is -1.90. The van der Waals surface area contributed by atoms with Gasteiger partial charge in [0, 0.05) is 0 Å². The second kappa shape index (κ2) is 7.58. The maximum atomic E-state index is 12.1. The van der Waals surface area contributed by atoms with Gasteiger partial charge in [-0.15, -0.1) is 6.42 Å². The molecule has 1 aliphatic heterocycles. The number of benzene rings is 1. The predicted octanol–water partition coefficient (Wildman–Crippen LogP) is 4.19. The van der Waals surface area contributed by atoms with Crippen molar-refractivity contribution in [3.05, 3.63) is 33.7 Å². The van der Waals surface area contributed by atoms with E-state index in [1.807, 2.05) is 13.8 Å². The Balaban J connectivity index is 2.21. The van der Waals surface area contributed by atoms with E-state index in [9.17, 15) is 9.59 Å². The molecular formula is C17H16ClNO3S. The van der Waals surface area contributed by atoms with Gasteiger partial charge in [0.15, 0.2) is 0 Å². The summed E-state index contributed by atoms with van der Waals surface area (Å²) in [4.78, 5) is 25.2. The van der Waals surface area contributed by atoms with Crippen molar-refractivity contribution in [3.63, 3.8) is 0 Å². The number of thioether (sulfide) groups is 1. The number of terminal acetylenes is 1. The lowest BCUT2D eigenvalue weighted by Crippen LogP contribution is -2.28. The third kappa shape index (κ3) is 4.10. The molecule has 1 saturated heterocycles. The number of ether oxygens (including phenoxy) is 1. The van der Waals surface area contributed by atoms with Crippen molar-refractivity contribution >= 4 is 40.6 Å². The van der Waals surface area contributed by atoms with Crippen molar-refractivity contribution in [1.29, 1.82) is 0 Å².